The standard InChI is InChI=1S/C54H32N4O2/c1-3-11-39-29-41(27-17-33(39)9-1)43-31-44(42-28-18-34-10-2-4-12-40(34)30-42)51-45(32-43)50(35-19-23-37(24-20-35)53-55-46-13-5-7-15-48(46)59-53)57-52(58-51)36-21-25-38(26-22-36)54-56-47-14-6-8-16-49(47)60-54/h1-32H. The summed E-state index contributed by atoms with van der Waals surface area (Å²) in [5, 5.41) is 5.69. The normalized spacial score (nSPS) is 11.7. The van der Waals surface area contributed by atoms with Crippen molar-refractivity contribution >= 4 is 54.6 Å². The lowest BCUT2D eigenvalue weighted by Crippen LogP contribution is -1.98. The Bertz CT molecular complexity index is 3540. The van der Waals surface area contributed by atoms with E-state index in [1.807, 2.05) is 72.8 Å². The number of hydrogen-bond acceptors (Lipinski definition) is 6. The second kappa shape index (κ2) is 13.7. The summed E-state index contributed by atoms with van der Waals surface area (Å²) >= 11 is 0. The molecule has 0 N–H and O–H groups in total. The Morgan fingerprint density at radius 3 is 1.40 bits per heavy atom. The van der Waals surface area contributed by atoms with Gasteiger partial charge in [0.15, 0.2) is 17.0 Å². The maximum Gasteiger partial charge on any atom is 0.227 e. The minimum Gasteiger partial charge on any atom is -0.436 e. The highest BCUT2D eigenvalue weighted by Crippen LogP contribution is 2.40. The Hall–Kier alpha value is -8.22. The van der Waals surface area contributed by atoms with Crippen LogP contribution in [0.15, 0.2) is 203 Å². The van der Waals surface area contributed by atoms with Crippen LogP contribution in [0.5, 0.6) is 0 Å². The Kier molecular flexibility index (Phi) is 7.74. The third-order valence-electron chi connectivity index (χ3n) is 11.3. The fourth-order valence-electron chi connectivity index (χ4n) is 8.22. The fraction of sp³-hybridized carbons (Fsp3) is 0. The highest BCUT2D eigenvalue weighted by atomic mass is 16.4. The first-order chi connectivity index (χ1) is 29.7. The van der Waals surface area contributed by atoms with Crippen LogP contribution in [0, 0.1) is 0 Å². The van der Waals surface area contributed by atoms with E-state index in [-0.39, 0.29) is 0 Å². The van der Waals surface area contributed by atoms with Crippen LogP contribution in [0.25, 0.3) is 122 Å². The van der Waals surface area contributed by atoms with Gasteiger partial charge in [0.25, 0.3) is 0 Å². The maximum absolute atomic E-state index is 6.15. The summed E-state index contributed by atoms with van der Waals surface area (Å²) in [4.78, 5) is 20.3. The molecule has 0 aliphatic heterocycles. The highest BCUT2D eigenvalue weighted by Gasteiger charge is 2.19. The van der Waals surface area contributed by atoms with Crippen molar-refractivity contribution in [3.8, 4) is 67.8 Å². The van der Waals surface area contributed by atoms with Gasteiger partial charge in [0.1, 0.15) is 11.0 Å². The average Bonchev–Trinajstić information content (AvgIpc) is 3.96. The number of para-hydroxylation sites is 4. The molecule has 6 nitrogen and oxygen atoms in total. The molecule has 6 heteroatoms. The van der Waals surface area contributed by atoms with Crippen molar-refractivity contribution in [3.63, 3.8) is 0 Å². The predicted octanol–water partition coefficient (Wildman–Crippen LogP) is 14.2. The van der Waals surface area contributed by atoms with Crippen LogP contribution in [-0.4, -0.2) is 19.9 Å². The molecule has 0 unspecified atom stereocenters. The Balaban J connectivity index is 1.08. The third kappa shape index (κ3) is 5.89. The second-order valence-corrected chi connectivity index (χ2v) is 15.1. The number of benzene rings is 9. The van der Waals surface area contributed by atoms with Gasteiger partial charge in [-0.2, -0.15) is 0 Å². The molecule has 9 aromatic carbocycles. The van der Waals surface area contributed by atoms with Gasteiger partial charge in [-0.25, -0.2) is 19.9 Å². The molecule has 0 spiro atoms. The van der Waals surface area contributed by atoms with E-state index in [2.05, 4.69) is 121 Å². The van der Waals surface area contributed by atoms with Gasteiger partial charge in [-0.3, -0.25) is 0 Å². The molecular weight excluding hydrogens is 737 g/mol. The number of rotatable bonds is 6. The van der Waals surface area contributed by atoms with Crippen LogP contribution in [0.3, 0.4) is 0 Å². The molecule has 12 aromatic rings. The van der Waals surface area contributed by atoms with Crippen molar-refractivity contribution < 1.29 is 8.83 Å². The lowest BCUT2D eigenvalue weighted by molar-refractivity contribution is 0.619. The van der Waals surface area contributed by atoms with Crippen molar-refractivity contribution in [2.75, 3.05) is 0 Å². The SMILES string of the molecule is c1ccc2cc(-c3cc(-c4ccc5ccccc5c4)c4nc(-c5ccc(-c6nc7ccccc7o6)cc5)nc(-c5ccc(-c6nc7ccccc7o6)cc5)c4c3)ccc2c1. The van der Waals surface area contributed by atoms with Gasteiger partial charge >= 0.3 is 0 Å². The van der Waals surface area contributed by atoms with Crippen LogP contribution in [0.1, 0.15) is 0 Å². The molecule has 0 bridgehead atoms. The molecular formula is C54H32N4O2. The third-order valence-corrected chi connectivity index (χ3v) is 11.3. The van der Waals surface area contributed by atoms with E-state index in [1.54, 1.807) is 0 Å². The number of aromatic nitrogens is 4. The minimum absolute atomic E-state index is 0.571. The number of fused-ring (bicyclic) bond motifs is 5. The number of hydrogen-bond donors (Lipinski definition) is 0. The Morgan fingerprint density at radius 1 is 0.317 bits per heavy atom. The maximum atomic E-state index is 6.15. The van der Waals surface area contributed by atoms with Crippen molar-refractivity contribution in [2.45, 2.75) is 0 Å². The average molecular weight is 769 g/mol. The monoisotopic (exact) mass is 768 g/mol. The largest absolute Gasteiger partial charge is 0.436 e. The number of oxazole rings is 2. The first-order valence-corrected chi connectivity index (χ1v) is 19.9. The lowest BCUT2D eigenvalue weighted by Gasteiger charge is -2.16. The van der Waals surface area contributed by atoms with Crippen LogP contribution in [0.2, 0.25) is 0 Å². The molecule has 0 amide bonds. The summed E-state index contributed by atoms with van der Waals surface area (Å²) in [6.07, 6.45) is 0. The van der Waals surface area contributed by atoms with Crippen molar-refractivity contribution in [2.24, 2.45) is 0 Å². The van der Waals surface area contributed by atoms with Gasteiger partial charge in [0, 0.05) is 33.2 Å². The van der Waals surface area contributed by atoms with E-state index in [0.717, 1.165) is 83.3 Å². The summed E-state index contributed by atoms with van der Waals surface area (Å²) in [5.74, 6) is 1.76. The van der Waals surface area contributed by atoms with E-state index < -0.39 is 0 Å². The van der Waals surface area contributed by atoms with Crippen LogP contribution in [-0.2, 0) is 0 Å². The summed E-state index contributed by atoms with van der Waals surface area (Å²) in [5.41, 5.74) is 12.7. The lowest BCUT2D eigenvalue weighted by atomic mass is 9.92. The first-order valence-electron chi connectivity index (χ1n) is 19.9. The molecule has 0 aliphatic rings. The smallest absolute Gasteiger partial charge is 0.227 e. The van der Waals surface area contributed by atoms with Gasteiger partial charge in [-0.05, 0) is 111 Å². The second-order valence-electron chi connectivity index (χ2n) is 15.1. The van der Waals surface area contributed by atoms with E-state index in [0.29, 0.717) is 17.6 Å². The van der Waals surface area contributed by atoms with E-state index in [1.165, 1.54) is 21.5 Å². The van der Waals surface area contributed by atoms with Gasteiger partial charge < -0.3 is 8.83 Å². The topological polar surface area (TPSA) is 77.8 Å². The predicted molar refractivity (Wildman–Crippen MR) is 242 cm³/mol. The van der Waals surface area contributed by atoms with Crippen molar-refractivity contribution in [3.05, 3.63) is 194 Å². The zero-order valence-electron chi connectivity index (χ0n) is 32.1. The zero-order valence-corrected chi connectivity index (χ0v) is 32.1. The highest BCUT2D eigenvalue weighted by molar-refractivity contribution is 6.06. The molecule has 280 valence electrons. The van der Waals surface area contributed by atoms with Gasteiger partial charge in [-0.15, -0.1) is 0 Å². The Labute approximate surface area is 344 Å². The molecule has 60 heavy (non-hydrogen) atoms. The van der Waals surface area contributed by atoms with E-state index in [9.17, 15) is 0 Å². The molecule has 3 heterocycles. The first kappa shape index (κ1) is 33.9. The van der Waals surface area contributed by atoms with Crippen molar-refractivity contribution in [1.29, 1.82) is 0 Å². The Morgan fingerprint density at radius 2 is 0.800 bits per heavy atom. The van der Waals surface area contributed by atoms with E-state index >= 15 is 0 Å². The molecule has 12 rings (SSSR count). The van der Waals surface area contributed by atoms with Gasteiger partial charge in [-0.1, -0.05) is 121 Å². The molecule has 3 aromatic heterocycles. The van der Waals surface area contributed by atoms with Crippen LogP contribution in [0.4, 0.5) is 0 Å². The fourth-order valence-corrected chi connectivity index (χ4v) is 8.22. The van der Waals surface area contributed by atoms with Crippen LogP contribution >= 0.6 is 0 Å². The molecule has 0 saturated heterocycles. The molecule has 0 radical (unpaired) electrons. The summed E-state index contributed by atoms with van der Waals surface area (Å²) in [7, 11) is 0. The van der Waals surface area contributed by atoms with Gasteiger partial charge in [0.05, 0.1) is 11.2 Å². The van der Waals surface area contributed by atoms with E-state index in [4.69, 9.17) is 28.8 Å². The van der Waals surface area contributed by atoms with Gasteiger partial charge in [0.2, 0.25) is 11.8 Å². The molecule has 0 saturated carbocycles. The molecule has 0 atom stereocenters. The van der Waals surface area contributed by atoms with Crippen LogP contribution < -0.4 is 0 Å². The minimum atomic E-state index is 0.571. The summed E-state index contributed by atoms with van der Waals surface area (Å²) < 4.78 is 12.3. The summed E-state index contributed by atoms with van der Waals surface area (Å²) in [6, 6.07) is 66.9. The number of nitrogens with zero attached hydrogens (tertiary/aromatic N) is 4. The molecule has 0 aliphatic carbocycles. The van der Waals surface area contributed by atoms with Crippen molar-refractivity contribution in [1.82, 2.24) is 19.9 Å². The molecule has 0 fully saturated rings. The zero-order chi connectivity index (χ0) is 39.6. The quantitative estimate of drug-likeness (QED) is 0.168. The summed E-state index contributed by atoms with van der Waals surface area (Å²) in [6.45, 7) is 0.